The van der Waals surface area contributed by atoms with E-state index in [0.29, 0.717) is 12.0 Å². The summed E-state index contributed by atoms with van der Waals surface area (Å²) < 4.78 is 6.66. The van der Waals surface area contributed by atoms with Crippen LogP contribution in [0.3, 0.4) is 0 Å². The molecule has 0 saturated carbocycles. The Bertz CT molecular complexity index is 604. The summed E-state index contributed by atoms with van der Waals surface area (Å²) in [5.41, 5.74) is -0.579. The Balaban J connectivity index is 2.32. The van der Waals surface area contributed by atoms with E-state index < -0.39 is 29.7 Å². The molecule has 0 radical (unpaired) electrons. The molecule has 1 aromatic heterocycles. The van der Waals surface area contributed by atoms with Gasteiger partial charge in [0, 0.05) is 18.2 Å². The maximum atomic E-state index is 11.8. The third-order valence-electron chi connectivity index (χ3n) is 3.31. The Kier molecular flexibility index (Phi) is 4.53. The molecule has 1 fully saturated rings. The first-order chi connectivity index (χ1) is 9.56. The number of nitrogens with one attached hydrogen (secondary N) is 1. The lowest BCUT2D eigenvalue weighted by atomic mass is 10.2. The van der Waals surface area contributed by atoms with E-state index in [0.717, 1.165) is 0 Å². The Morgan fingerprint density at radius 1 is 1.55 bits per heavy atom. The Labute approximate surface area is 115 Å². The van der Waals surface area contributed by atoms with Crippen molar-refractivity contribution in [1.29, 1.82) is 0 Å². The average molecular weight is 282 g/mol. The highest BCUT2D eigenvalue weighted by atomic mass is 16.5. The molecule has 0 aliphatic carbocycles. The predicted molar refractivity (Wildman–Crippen MR) is 71.5 cm³/mol. The second-order valence-electron chi connectivity index (χ2n) is 4.71. The summed E-state index contributed by atoms with van der Waals surface area (Å²) in [5, 5.41) is 18.7. The maximum Gasteiger partial charge on any atom is 0.330 e. The fourth-order valence-corrected chi connectivity index (χ4v) is 2.18. The van der Waals surface area contributed by atoms with Gasteiger partial charge in [-0.3, -0.25) is 14.3 Å². The summed E-state index contributed by atoms with van der Waals surface area (Å²) in [6.07, 6.45) is 3.44. The molecule has 7 nitrogen and oxygen atoms in total. The molecule has 0 unspecified atom stereocenters. The third-order valence-corrected chi connectivity index (χ3v) is 3.31. The molecule has 0 spiro atoms. The van der Waals surface area contributed by atoms with Crippen molar-refractivity contribution in [3.05, 3.63) is 44.8 Å². The van der Waals surface area contributed by atoms with E-state index in [1.54, 1.807) is 6.08 Å². The average Bonchev–Trinajstić information content (AvgIpc) is 2.79. The monoisotopic (exact) mass is 282 g/mol. The largest absolute Gasteiger partial charge is 0.394 e. The van der Waals surface area contributed by atoms with Crippen LogP contribution in [0.4, 0.5) is 0 Å². The lowest BCUT2D eigenvalue weighted by Gasteiger charge is -2.15. The van der Waals surface area contributed by atoms with Crippen LogP contribution < -0.4 is 11.2 Å². The Morgan fingerprint density at radius 2 is 2.30 bits per heavy atom. The molecule has 3 atom stereocenters. The highest BCUT2D eigenvalue weighted by Gasteiger charge is 2.35. The fraction of sp³-hybridized carbons (Fsp3) is 0.538. The molecule has 1 aliphatic heterocycles. The van der Waals surface area contributed by atoms with Crippen LogP contribution in [-0.2, 0) is 11.2 Å². The van der Waals surface area contributed by atoms with Crippen LogP contribution in [0.1, 0.15) is 25.1 Å². The number of H-pyrrole nitrogens is 1. The Hall–Kier alpha value is -1.70. The molecule has 1 saturated heterocycles. The van der Waals surface area contributed by atoms with Gasteiger partial charge in [-0.15, -0.1) is 0 Å². The van der Waals surface area contributed by atoms with Gasteiger partial charge in [0.05, 0.1) is 12.7 Å². The van der Waals surface area contributed by atoms with Crippen molar-refractivity contribution in [2.24, 2.45) is 0 Å². The minimum absolute atomic E-state index is 0.195. The van der Waals surface area contributed by atoms with Crippen molar-refractivity contribution in [1.82, 2.24) is 9.55 Å². The van der Waals surface area contributed by atoms with Crippen LogP contribution in [-0.4, -0.2) is 38.6 Å². The number of aromatic amines is 1. The van der Waals surface area contributed by atoms with Crippen molar-refractivity contribution < 1.29 is 14.9 Å². The lowest BCUT2D eigenvalue weighted by molar-refractivity contribution is -0.0459. The van der Waals surface area contributed by atoms with Gasteiger partial charge in [-0.1, -0.05) is 12.2 Å². The second-order valence-corrected chi connectivity index (χ2v) is 4.71. The van der Waals surface area contributed by atoms with E-state index in [9.17, 15) is 14.7 Å². The van der Waals surface area contributed by atoms with E-state index in [4.69, 9.17) is 9.84 Å². The number of hydrogen-bond acceptors (Lipinski definition) is 5. The van der Waals surface area contributed by atoms with Gasteiger partial charge in [0.15, 0.2) is 0 Å². The number of ether oxygens (including phenoxy) is 1. The van der Waals surface area contributed by atoms with E-state index in [-0.39, 0.29) is 13.0 Å². The molecule has 0 amide bonds. The molecule has 1 aromatic rings. The van der Waals surface area contributed by atoms with Crippen LogP contribution in [0.25, 0.3) is 0 Å². The van der Waals surface area contributed by atoms with E-state index in [1.165, 1.54) is 10.8 Å². The zero-order valence-corrected chi connectivity index (χ0v) is 11.2. The highest BCUT2D eigenvalue weighted by Crippen LogP contribution is 2.27. The van der Waals surface area contributed by atoms with Gasteiger partial charge in [0.25, 0.3) is 5.56 Å². The summed E-state index contributed by atoms with van der Waals surface area (Å²) >= 11 is 0. The van der Waals surface area contributed by atoms with Gasteiger partial charge in [-0.05, 0) is 13.3 Å². The molecular weight excluding hydrogens is 264 g/mol. The van der Waals surface area contributed by atoms with Crippen LogP contribution in [0, 0.1) is 0 Å². The SMILES string of the molecule is C/C=C\Cc1cn([C@H]2C[C@H](O)[C@@H](CO)O2)c(=O)[nH]c1=O. The highest BCUT2D eigenvalue weighted by molar-refractivity contribution is 5.09. The third kappa shape index (κ3) is 2.90. The summed E-state index contributed by atoms with van der Waals surface area (Å²) in [6, 6.07) is 0. The van der Waals surface area contributed by atoms with Crippen LogP contribution in [0.15, 0.2) is 27.9 Å². The van der Waals surface area contributed by atoms with Crippen LogP contribution >= 0.6 is 0 Å². The quantitative estimate of drug-likeness (QED) is 0.633. The maximum absolute atomic E-state index is 11.8. The molecule has 2 heterocycles. The number of hydrogen-bond donors (Lipinski definition) is 3. The van der Waals surface area contributed by atoms with Crippen molar-refractivity contribution >= 4 is 0 Å². The number of nitrogens with zero attached hydrogens (tertiary/aromatic N) is 1. The van der Waals surface area contributed by atoms with Crippen molar-refractivity contribution in [2.45, 2.75) is 38.2 Å². The second kappa shape index (κ2) is 6.17. The van der Waals surface area contributed by atoms with Gasteiger partial charge < -0.3 is 14.9 Å². The molecule has 0 aromatic carbocycles. The van der Waals surface area contributed by atoms with Gasteiger partial charge in [-0.2, -0.15) is 0 Å². The number of allylic oxidation sites excluding steroid dienone is 2. The van der Waals surface area contributed by atoms with Gasteiger partial charge in [0.2, 0.25) is 0 Å². The minimum atomic E-state index is -0.831. The standard InChI is InChI=1S/C13H18N2O5/c1-2-3-4-8-6-15(13(19)14-12(8)18)11-5-9(17)10(7-16)20-11/h2-3,6,9-11,16-17H,4-5,7H2,1H3,(H,14,18,19)/b3-2-/t9-,10+,11+/m0/s1. The lowest BCUT2D eigenvalue weighted by Crippen LogP contribution is -2.34. The van der Waals surface area contributed by atoms with E-state index in [2.05, 4.69) is 4.98 Å². The number of rotatable bonds is 4. The zero-order chi connectivity index (χ0) is 14.7. The zero-order valence-electron chi connectivity index (χ0n) is 11.2. The summed E-state index contributed by atoms with van der Waals surface area (Å²) in [5.74, 6) is 0. The molecule has 110 valence electrons. The number of aliphatic hydroxyl groups excluding tert-OH is 2. The number of aromatic nitrogens is 2. The molecule has 7 heteroatoms. The predicted octanol–water partition coefficient (Wildman–Crippen LogP) is -0.704. The summed E-state index contributed by atoms with van der Waals surface area (Å²) in [4.78, 5) is 25.7. The van der Waals surface area contributed by atoms with Gasteiger partial charge in [0.1, 0.15) is 12.3 Å². The summed E-state index contributed by atoms with van der Waals surface area (Å²) in [7, 11) is 0. The minimum Gasteiger partial charge on any atom is -0.394 e. The molecule has 2 rings (SSSR count). The van der Waals surface area contributed by atoms with Crippen molar-refractivity contribution in [2.75, 3.05) is 6.61 Å². The van der Waals surface area contributed by atoms with Gasteiger partial charge >= 0.3 is 5.69 Å². The summed E-state index contributed by atoms with van der Waals surface area (Å²) in [6.45, 7) is 1.52. The first-order valence-electron chi connectivity index (χ1n) is 6.46. The first-order valence-corrected chi connectivity index (χ1v) is 6.46. The fourth-order valence-electron chi connectivity index (χ4n) is 2.18. The van der Waals surface area contributed by atoms with Gasteiger partial charge in [-0.25, -0.2) is 4.79 Å². The molecule has 1 aliphatic rings. The first kappa shape index (κ1) is 14.7. The smallest absolute Gasteiger partial charge is 0.330 e. The Morgan fingerprint density at radius 3 is 2.90 bits per heavy atom. The molecular formula is C13H18N2O5. The van der Waals surface area contributed by atoms with Crippen molar-refractivity contribution in [3.63, 3.8) is 0 Å². The van der Waals surface area contributed by atoms with Crippen LogP contribution in [0.5, 0.6) is 0 Å². The number of aliphatic hydroxyl groups is 2. The topological polar surface area (TPSA) is 105 Å². The van der Waals surface area contributed by atoms with Crippen molar-refractivity contribution in [3.8, 4) is 0 Å². The molecule has 0 bridgehead atoms. The van der Waals surface area contributed by atoms with E-state index in [1.807, 2.05) is 13.0 Å². The molecule has 3 N–H and O–H groups in total. The van der Waals surface area contributed by atoms with Crippen LogP contribution in [0.2, 0.25) is 0 Å². The normalized spacial score (nSPS) is 26.4. The molecule has 20 heavy (non-hydrogen) atoms. The van der Waals surface area contributed by atoms with E-state index >= 15 is 0 Å².